The van der Waals surface area contributed by atoms with Crippen LogP contribution in [-0.2, 0) is 14.3 Å². The van der Waals surface area contributed by atoms with Gasteiger partial charge in [0.2, 0.25) is 5.90 Å². The highest BCUT2D eigenvalue weighted by Crippen LogP contribution is 2.75. The van der Waals surface area contributed by atoms with Crippen molar-refractivity contribution >= 4 is 22.9 Å². The molecule has 1 saturated heterocycles. The number of unbranched alkanes of at least 4 members (excludes halogenated alkanes) is 1. The molecular formula is C22H35N7O5. The number of nitrogen functional groups attached to an aromatic ring is 1. The van der Waals surface area contributed by atoms with Gasteiger partial charge in [0.1, 0.15) is 35.8 Å². The Labute approximate surface area is 198 Å². The molecule has 0 bridgehead atoms. The molecule has 1 aliphatic carbocycles. The van der Waals surface area contributed by atoms with Crippen molar-refractivity contribution in [2.24, 2.45) is 10.6 Å². The molecule has 4 N–H and O–H groups in total. The Kier molecular flexibility index (Phi) is 6.44. The number of hydrogen-bond donors (Lipinski definition) is 3. The molecule has 0 spiro atoms. The molecule has 3 heterocycles. The number of anilines is 1. The summed E-state index contributed by atoms with van der Waals surface area (Å²) in [5.74, 6) is 0.762. The first-order chi connectivity index (χ1) is 16.1. The second-order valence-corrected chi connectivity index (χ2v) is 9.56. The number of likely N-dealkylation sites (N-methyl/N-ethyl adjacent to an activating group) is 1. The molecule has 0 unspecified atom stereocenters. The van der Waals surface area contributed by atoms with Crippen molar-refractivity contribution in [3.8, 4) is 0 Å². The molecule has 0 aromatic carbocycles. The molecule has 2 fully saturated rings. The molecule has 12 nitrogen and oxygen atoms in total. The highest BCUT2D eigenvalue weighted by Gasteiger charge is 2.92. The molecule has 0 radical (unpaired) electrons. The first kappa shape index (κ1) is 24.6. The van der Waals surface area contributed by atoms with E-state index in [1.54, 1.807) is 11.5 Å². The van der Waals surface area contributed by atoms with Crippen LogP contribution in [0.15, 0.2) is 17.8 Å². The smallest absolute Gasteiger partial charge is 0.222 e. The van der Waals surface area contributed by atoms with Crippen LogP contribution in [0.5, 0.6) is 0 Å². The summed E-state index contributed by atoms with van der Waals surface area (Å²) in [5.41, 5.74) is 3.10. The second kappa shape index (κ2) is 8.91. The van der Waals surface area contributed by atoms with E-state index in [0.29, 0.717) is 36.8 Å². The van der Waals surface area contributed by atoms with Gasteiger partial charge in [-0.05, 0) is 33.4 Å². The van der Waals surface area contributed by atoms with Gasteiger partial charge in [-0.3, -0.25) is 4.57 Å². The Morgan fingerprint density at radius 3 is 2.76 bits per heavy atom. The second-order valence-electron chi connectivity index (χ2n) is 9.56. The number of hydrogen-bond acceptors (Lipinski definition) is 11. The number of rotatable bonds is 10. The minimum atomic E-state index is -1.50. The van der Waals surface area contributed by atoms with Gasteiger partial charge in [-0.2, -0.15) is 0 Å². The quantitative estimate of drug-likeness (QED) is 0.195. The van der Waals surface area contributed by atoms with Crippen molar-refractivity contribution in [3.63, 3.8) is 0 Å². The molecule has 0 amide bonds. The minimum Gasteiger partial charge on any atom is -0.479 e. The maximum atomic E-state index is 11.6. The van der Waals surface area contributed by atoms with Crippen molar-refractivity contribution in [1.82, 2.24) is 24.4 Å². The van der Waals surface area contributed by atoms with Crippen LogP contribution in [0.2, 0.25) is 0 Å². The zero-order valence-corrected chi connectivity index (χ0v) is 20.4. The molecule has 2 aliphatic rings. The number of fused-ring (bicyclic) bond motifs is 2. The Morgan fingerprint density at radius 1 is 1.26 bits per heavy atom. The molecular weight excluding hydrogens is 442 g/mol. The molecule has 188 valence electrons. The summed E-state index contributed by atoms with van der Waals surface area (Å²) in [4.78, 5) is 19.9. The fourth-order valence-electron chi connectivity index (χ4n) is 5.17. The van der Waals surface area contributed by atoms with Gasteiger partial charge in [-0.1, -0.05) is 19.0 Å². The zero-order valence-electron chi connectivity index (χ0n) is 20.4. The standard InChI is InChI=1S/C22H35N7O5/c1-6-32-14(2)27-33-10-8-7-9-28(5)11-15-21(30)20(3,4)22(21,31)19(34-15)29-13-26-16-17(23)24-12-25-18(16)29/h12-13,15,19,30-31H,6-11H2,1-5H3,(H2,23,24,25)/b27-14-/t15-,19-,21-,22+/m1/s1. The lowest BCUT2D eigenvalue weighted by Crippen LogP contribution is -2.42. The Bertz CT molecular complexity index is 1060. The van der Waals surface area contributed by atoms with Gasteiger partial charge in [-0.15, -0.1) is 0 Å². The zero-order chi connectivity index (χ0) is 24.7. The van der Waals surface area contributed by atoms with Gasteiger partial charge in [-0.25, -0.2) is 15.0 Å². The van der Waals surface area contributed by atoms with E-state index in [1.165, 1.54) is 12.7 Å². The molecule has 12 heteroatoms. The largest absolute Gasteiger partial charge is 0.479 e. The number of imidazole rings is 1. The highest BCUT2D eigenvalue weighted by molar-refractivity contribution is 5.81. The summed E-state index contributed by atoms with van der Waals surface area (Å²) >= 11 is 0. The van der Waals surface area contributed by atoms with E-state index >= 15 is 0 Å². The van der Waals surface area contributed by atoms with Crippen LogP contribution < -0.4 is 5.73 Å². The first-order valence-corrected chi connectivity index (χ1v) is 11.6. The monoisotopic (exact) mass is 477 g/mol. The molecule has 34 heavy (non-hydrogen) atoms. The van der Waals surface area contributed by atoms with Gasteiger partial charge >= 0.3 is 0 Å². The number of aliphatic hydroxyl groups is 2. The number of nitrogens with zero attached hydrogens (tertiary/aromatic N) is 6. The van der Waals surface area contributed by atoms with E-state index in [9.17, 15) is 10.2 Å². The SMILES string of the molecule is CCO/C(C)=N\OCCCCN(C)C[C@H]1O[C@@H](n2cnc3c(N)ncnc32)[C@]2(O)C(C)(C)[C@]12O. The normalized spacial score (nSPS) is 30.1. The highest BCUT2D eigenvalue weighted by atomic mass is 16.6. The van der Waals surface area contributed by atoms with Crippen molar-refractivity contribution in [2.75, 3.05) is 39.1 Å². The van der Waals surface area contributed by atoms with Gasteiger partial charge in [0.15, 0.2) is 17.7 Å². The van der Waals surface area contributed by atoms with Crippen LogP contribution in [-0.4, -0.2) is 91.2 Å². The maximum absolute atomic E-state index is 11.6. The lowest BCUT2D eigenvalue weighted by atomic mass is 10.0. The molecule has 1 aliphatic heterocycles. The van der Waals surface area contributed by atoms with Gasteiger partial charge in [0.05, 0.1) is 12.9 Å². The third-order valence-corrected chi connectivity index (χ3v) is 7.23. The van der Waals surface area contributed by atoms with Crippen LogP contribution in [0.3, 0.4) is 0 Å². The van der Waals surface area contributed by atoms with Gasteiger partial charge in [0, 0.05) is 18.9 Å². The Morgan fingerprint density at radius 2 is 2.03 bits per heavy atom. The van der Waals surface area contributed by atoms with E-state index in [0.717, 1.165) is 19.4 Å². The molecule has 4 atom stereocenters. The lowest BCUT2D eigenvalue weighted by molar-refractivity contribution is -0.116. The number of oxime groups is 1. The average molecular weight is 478 g/mol. The number of ether oxygens (including phenoxy) is 2. The van der Waals surface area contributed by atoms with Gasteiger partial charge < -0.3 is 35.2 Å². The van der Waals surface area contributed by atoms with E-state index in [1.807, 2.05) is 27.8 Å². The molecule has 1 saturated carbocycles. The topological polar surface area (TPSA) is 153 Å². The Balaban J connectivity index is 1.39. The van der Waals surface area contributed by atoms with Crippen LogP contribution in [0.1, 0.15) is 46.8 Å². The van der Waals surface area contributed by atoms with E-state index < -0.39 is 28.9 Å². The molecule has 2 aromatic heterocycles. The fourth-order valence-corrected chi connectivity index (χ4v) is 5.17. The van der Waals surface area contributed by atoms with Crippen LogP contribution in [0.25, 0.3) is 11.2 Å². The Hall–Kier alpha value is -2.54. The third kappa shape index (κ3) is 3.60. The summed E-state index contributed by atoms with van der Waals surface area (Å²) in [6.07, 6.45) is 3.11. The minimum absolute atomic E-state index is 0.248. The third-order valence-electron chi connectivity index (χ3n) is 7.23. The summed E-state index contributed by atoms with van der Waals surface area (Å²) < 4.78 is 13.1. The summed E-state index contributed by atoms with van der Waals surface area (Å²) in [7, 11) is 1.97. The van der Waals surface area contributed by atoms with Crippen LogP contribution >= 0.6 is 0 Å². The summed E-state index contributed by atoms with van der Waals surface area (Å²) in [5, 5.41) is 27.1. The predicted octanol–water partition coefficient (Wildman–Crippen LogP) is 0.906. The number of nitrogens with two attached hydrogens (primary N) is 1. The average Bonchev–Trinajstić information content (AvgIpc) is 3.14. The van der Waals surface area contributed by atoms with E-state index in [2.05, 4.69) is 25.0 Å². The van der Waals surface area contributed by atoms with Crippen LogP contribution in [0, 0.1) is 5.41 Å². The van der Waals surface area contributed by atoms with E-state index in [-0.39, 0.29) is 5.82 Å². The van der Waals surface area contributed by atoms with Gasteiger partial charge in [0.25, 0.3) is 0 Å². The summed E-state index contributed by atoms with van der Waals surface area (Å²) in [6.45, 7) is 9.62. The first-order valence-electron chi connectivity index (χ1n) is 11.6. The van der Waals surface area contributed by atoms with Crippen LogP contribution in [0.4, 0.5) is 5.82 Å². The predicted molar refractivity (Wildman–Crippen MR) is 125 cm³/mol. The van der Waals surface area contributed by atoms with Crippen molar-refractivity contribution in [1.29, 1.82) is 0 Å². The molecule has 4 rings (SSSR count). The van der Waals surface area contributed by atoms with E-state index in [4.69, 9.17) is 20.0 Å². The number of aromatic nitrogens is 4. The fraction of sp³-hybridized carbons (Fsp3) is 0.727. The van der Waals surface area contributed by atoms with Crippen molar-refractivity contribution in [3.05, 3.63) is 12.7 Å². The lowest BCUT2D eigenvalue weighted by Gasteiger charge is -2.30. The maximum Gasteiger partial charge on any atom is 0.222 e. The van der Waals surface area contributed by atoms with Crippen molar-refractivity contribution in [2.45, 2.75) is 64.1 Å². The molecule has 2 aromatic rings. The summed E-state index contributed by atoms with van der Waals surface area (Å²) in [6, 6.07) is 0. The van der Waals surface area contributed by atoms with Crippen molar-refractivity contribution < 1.29 is 24.5 Å².